The van der Waals surface area contributed by atoms with Gasteiger partial charge in [-0.05, 0) is 0 Å². The van der Waals surface area contributed by atoms with Crippen molar-refractivity contribution in [2.24, 2.45) is 0 Å². The van der Waals surface area contributed by atoms with Crippen LogP contribution in [0.15, 0.2) is 0 Å². The first-order chi connectivity index (χ1) is 1.41. The molecule has 0 aliphatic carbocycles. The first-order valence-electron chi connectivity index (χ1n) is 0.447. The Morgan fingerprint density at radius 3 is 2.00 bits per heavy atom. The van der Waals surface area contributed by atoms with Crippen LogP contribution < -0.4 is 0 Å². The van der Waals surface area contributed by atoms with Crippen LogP contribution in [0.2, 0.25) is 0 Å². The maximum atomic E-state index is 6.88. The average Bonchev–Trinajstić information content (AvgIpc) is 0.918. The van der Waals surface area contributed by atoms with Gasteiger partial charge in [0.25, 0.3) is 6.26 Å². The minimum atomic E-state index is 0. The van der Waals surface area contributed by atoms with Crippen LogP contribution in [0.25, 0.3) is 0 Å². The topological polar surface area (TPSA) is 44.0 Å². The molecule has 0 aliphatic heterocycles. The summed E-state index contributed by atoms with van der Waals surface area (Å²) in [5.74, 6) is 0. The maximum Gasteiger partial charge on any atom is 2.00 e. The van der Waals surface area contributed by atoms with Gasteiger partial charge in [0.2, 0.25) is 0 Å². The van der Waals surface area contributed by atoms with Crippen LogP contribution in [-0.2, 0) is 0 Å². The van der Waals surface area contributed by atoms with E-state index in [2.05, 4.69) is 0 Å². The minimum absolute atomic E-state index is 0. The van der Waals surface area contributed by atoms with Gasteiger partial charge in [-0.3, -0.25) is 0 Å². The molecule has 0 saturated heterocycles. The Balaban J connectivity index is -0.00000000667. The molecule has 0 saturated carbocycles. The third-order valence-corrected chi connectivity index (χ3v) is 0. The molecule has 20 valence electrons. The summed E-state index contributed by atoms with van der Waals surface area (Å²) >= 11 is 0. The van der Waals surface area contributed by atoms with E-state index in [0.717, 1.165) is 6.26 Å². The van der Waals surface area contributed by atoms with E-state index in [4.69, 9.17) is 10.4 Å². The monoisotopic (exact) mass is 85.0 g/mol. The van der Waals surface area contributed by atoms with Crippen molar-refractivity contribution in [3.8, 4) is 6.26 Å². The number of nitrogens with zero attached hydrogens (tertiary/aromatic N) is 1. The summed E-state index contributed by atoms with van der Waals surface area (Å²) in [5.41, 5.74) is 0. The molecule has 0 bridgehead atoms. The van der Waals surface area contributed by atoms with Crippen molar-refractivity contribution in [2.45, 2.75) is 0 Å². The quantitative estimate of drug-likeness (QED) is 0.324. The second-order valence-electron chi connectivity index (χ2n) is 0.100. The van der Waals surface area contributed by atoms with Crippen LogP contribution in [0.3, 0.4) is 0 Å². The molecule has 0 aliphatic rings. The standard InChI is InChI=1S/CHNO.Ca.2H/c2-1-3;;;/h3H;;;/q;+2;2*-1. The van der Waals surface area contributed by atoms with E-state index >= 15 is 0 Å². The number of hydrogen-bond donors (Lipinski definition) is 1. The van der Waals surface area contributed by atoms with E-state index in [0.29, 0.717) is 0 Å². The minimum Gasteiger partial charge on any atom is -1.00 e. The summed E-state index contributed by atoms with van der Waals surface area (Å²) < 4.78 is 0. The number of hydrogen-bond acceptors (Lipinski definition) is 2. The molecule has 0 rings (SSSR count). The Kier molecular flexibility index (Phi) is 21.2. The molecule has 0 fully saturated rings. The second-order valence-corrected chi connectivity index (χ2v) is 0.100. The molecule has 0 amide bonds. The molecule has 0 radical (unpaired) electrons. The Hall–Kier alpha value is 0.550. The zero-order valence-electron chi connectivity index (χ0n) is 4.10. The Bertz CT molecular complexity index is 35.0. The summed E-state index contributed by atoms with van der Waals surface area (Å²) in [5, 5.41) is 13.8. The van der Waals surface area contributed by atoms with Gasteiger partial charge in [0, 0.05) is 0 Å². The molecule has 0 atom stereocenters. The summed E-state index contributed by atoms with van der Waals surface area (Å²) in [4.78, 5) is 0. The van der Waals surface area contributed by atoms with Crippen molar-refractivity contribution in [1.82, 2.24) is 0 Å². The molecular weight excluding hydrogens is 82.1 g/mol. The second kappa shape index (κ2) is 9.61. The van der Waals surface area contributed by atoms with Crippen molar-refractivity contribution in [1.29, 1.82) is 5.26 Å². The third kappa shape index (κ3) is 20.3. The fraction of sp³-hybridized carbons (Fsp3) is 0. The van der Waals surface area contributed by atoms with E-state index in [1.165, 1.54) is 0 Å². The van der Waals surface area contributed by atoms with Gasteiger partial charge in [0.15, 0.2) is 0 Å². The SMILES string of the molecule is N#CO.[Ca+2].[H-].[H-]. The number of aliphatic hydroxyl groups is 1. The number of nitriles is 1. The van der Waals surface area contributed by atoms with E-state index in [1.54, 1.807) is 0 Å². The number of aliphatic hydroxyl groups excluding tert-OH is 1. The van der Waals surface area contributed by atoms with Crippen molar-refractivity contribution in [2.75, 3.05) is 0 Å². The molecule has 4 heavy (non-hydrogen) atoms. The maximum absolute atomic E-state index is 6.88. The van der Waals surface area contributed by atoms with Crippen LogP contribution in [0.4, 0.5) is 0 Å². The van der Waals surface area contributed by atoms with Gasteiger partial charge >= 0.3 is 37.7 Å². The Morgan fingerprint density at radius 1 is 2.00 bits per heavy atom. The van der Waals surface area contributed by atoms with Crippen molar-refractivity contribution >= 4 is 37.7 Å². The van der Waals surface area contributed by atoms with Crippen LogP contribution in [-0.4, -0.2) is 42.8 Å². The molecule has 3 heteroatoms. The smallest absolute Gasteiger partial charge is 1.00 e. The molecule has 0 aromatic carbocycles. The number of rotatable bonds is 0. The van der Waals surface area contributed by atoms with Gasteiger partial charge in [-0.2, -0.15) is 5.26 Å². The van der Waals surface area contributed by atoms with E-state index in [1.807, 2.05) is 0 Å². The van der Waals surface area contributed by atoms with Gasteiger partial charge in [0.05, 0.1) is 0 Å². The first kappa shape index (κ1) is 8.82. The Morgan fingerprint density at radius 2 is 2.00 bits per heavy atom. The molecule has 0 aromatic rings. The van der Waals surface area contributed by atoms with Crippen LogP contribution in [0, 0.1) is 11.5 Å². The largest absolute Gasteiger partial charge is 2.00 e. The zero-order valence-corrected chi connectivity index (χ0v) is 4.31. The van der Waals surface area contributed by atoms with Gasteiger partial charge < -0.3 is 7.96 Å². The Labute approximate surface area is 57.0 Å². The molecular formula is CH3CaNO. The molecule has 0 heterocycles. The van der Waals surface area contributed by atoms with Crippen LogP contribution in [0.5, 0.6) is 0 Å². The summed E-state index contributed by atoms with van der Waals surface area (Å²) in [6.45, 7) is 0. The molecule has 1 N–H and O–H groups in total. The van der Waals surface area contributed by atoms with Crippen LogP contribution in [0.1, 0.15) is 2.85 Å². The molecule has 2 nitrogen and oxygen atoms in total. The molecule has 0 unspecified atom stereocenters. The first-order valence-corrected chi connectivity index (χ1v) is 0.447. The fourth-order valence-electron chi connectivity index (χ4n) is 0. The van der Waals surface area contributed by atoms with E-state index in [-0.39, 0.29) is 40.6 Å². The van der Waals surface area contributed by atoms with Crippen molar-refractivity contribution < 1.29 is 7.96 Å². The predicted octanol–water partition coefficient (Wildman–Crippen LogP) is -0.316. The summed E-state index contributed by atoms with van der Waals surface area (Å²) in [7, 11) is 0. The van der Waals surface area contributed by atoms with Gasteiger partial charge in [0.1, 0.15) is 0 Å². The molecule has 0 spiro atoms. The van der Waals surface area contributed by atoms with E-state index in [9.17, 15) is 0 Å². The van der Waals surface area contributed by atoms with Gasteiger partial charge in [-0.25, -0.2) is 0 Å². The fourth-order valence-corrected chi connectivity index (χ4v) is 0. The van der Waals surface area contributed by atoms with Crippen molar-refractivity contribution in [3.05, 3.63) is 0 Å². The predicted molar refractivity (Wildman–Crippen MR) is 15.5 cm³/mol. The zero-order chi connectivity index (χ0) is 2.71. The average molecular weight is 85.1 g/mol. The van der Waals surface area contributed by atoms with Gasteiger partial charge in [-0.1, -0.05) is 0 Å². The summed E-state index contributed by atoms with van der Waals surface area (Å²) in [6, 6.07) is 0. The third-order valence-electron chi connectivity index (χ3n) is 0. The van der Waals surface area contributed by atoms with Gasteiger partial charge in [-0.15, -0.1) is 0 Å². The normalized spacial score (nSPS) is 1.75. The van der Waals surface area contributed by atoms with E-state index < -0.39 is 0 Å². The summed E-state index contributed by atoms with van der Waals surface area (Å²) in [6.07, 6.45) is 0.750. The molecule has 0 aromatic heterocycles. The van der Waals surface area contributed by atoms with Crippen molar-refractivity contribution in [3.63, 3.8) is 0 Å². The van der Waals surface area contributed by atoms with Crippen LogP contribution >= 0.6 is 0 Å².